The fourth-order valence-electron chi connectivity index (χ4n) is 3.98. The summed E-state index contributed by atoms with van der Waals surface area (Å²) in [5, 5.41) is 2.69. The van der Waals surface area contributed by atoms with Crippen molar-refractivity contribution in [2.45, 2.75) is 76.7 Å². The second kappa shape index (κ2) is 31.7. The number of nitrogens with zero attached hydrogens (tertiary/aromatic N) is 3. The molecule has 0 spiro atoms. The van der Waals surface area contributed by atoms with Crippen molar-refractivity contribution in [1.82, 2.24) is 14.4 Å². The molecule has 1 radical (unpaired) electrons. The van der Waals surface area contributed by atoms with E-state index in [4.69, 9.17) is 0 Å². The molecule has 0 bridgehead atoms. The van der Waals surface area contributed by atoms with E-state index >= 15 is 0 Å². The third-order valence-electron chi connectivity index (χ3n) is 5.84. The largest absolute Gasteiger partial charge is 0.344 e. The minimum absolute atomic E-state index is 0. The molecule has 0 saturated heterocycles. The van der Waals surface area contributed by atoms with Gasteiger partial charge in [0.1, 0.15) is 0 Å². The Labute approximate surface area is 304 Å². The van der Waals surface area contributed by atoms with Gasteiger partial charge in [0.05, 0.1) is 0 Å². The third kappa shape index (κ3) is 18.4. The first-order chi connectivity index (χ1) is 20.9. The van der Waals surface area contributed by atoms with E-state index in [9.17, 15) is 0 Å². The minimum Gasteiger partial charge on any atom is -0.344 e. The van der Waals surface area contributed by atoms with E-state index in [0.29, 0.717) is 0 Å². The van der Waals surface area contributed by atoms with E-state index in [1.165, 1.54) is 27.4 Å². The van der Waals surface area contributed by atoms with Gasteiger partial charge in [-0.15, -0.1) is 12.1 Å². The number of rotatable bonds is 4. The molecular weight excluding hydrogens is 623 g/mol. The molecule has 3 nitrogen and oxygen atoms in total. The van der Waals surface area contributed by atoms with Crippen LogP contribution in [-0.4, -0.2) is 48.7 Å². The third-order valence-corrected chi connectivity index (χ3v) is 5.84. The van der Waals surface area contributed by atoms with Gasteiger partial charge in [0, 0.05) is 68.2 Å². The van der Waals surface area contributed by atoms with Crippen molar-refractivity contribution >= 4 is 21.8 Å². The molecule has 0 saturated carbocycles. The van der Waals surface area contributed by atoms with E-state index in [0.717, 1.165) is 24.3 Å². The van der Waals surface area contributed by atoms with Crippen LogP contribution in [0.15, 0.2) is 91.0 Å². The average molecular weight is 689 g/mol. The Bertz CT molecular complexity index is 1270. The molecule has 1 aromatic heterocycles. The molecule has 45 heavy (non-hydrogen) atoms. The molecule has 0 fully saturated rings. The topological polar surface area (TPSA) is 11.4 Å². The number of fused-ring (bicyclic) bond motifs is 3. The van der Waals surface area contributed by atoms with Gasteiger partial charge in [0.2, 0.25) is 0 Å². The molecule has 5 rings (SSSR count). The summed E-state index contributed by atoms with van der Waals surface area (Å²) in [4.78, 5) is 4.41. The molecule has 5 aromatic rings. The Hall–Kier alpha value is -2.30. The number of benzene rings is 4. The average Bonchev–Trinajstić information content (AvgIpc) is 3.36. The molecule has 249 valence electrons. The fourth-order valence-corrected chi connectivity index (χ4v) is 3.98. The van der Waals surface area contributed by atoms with Crippen LogP contribution in [-0.2, 0) is 39.8 Å². The standard InChI is InChI=1S/C14H13N.C12H8.C6H16N2.4C2H6.CH4.Y/c1-10-7-8-12-11-5-3-4-6-13(11)15(2)14(12)9-10;1-3-7-11(8-4-1)12-9-5-2-6-10-12;1-5-8(4)6-7(2)3;4*1-2;;/h3-9H,1-2H3;1-7,9H;5-6H2,1-4H3;4*1-2H3;1H4;/q;-2;;;;;;;. The molecule has 0 aliphatic carbocycles. The predicted octanol–water partition coefficient (Wildman–Crippen LogP) is 11.8. The van der Waals surface area contributed by atoms with Crippen molar-refractivity contribution in [2.75, 3.05) is 34.4 Å². The minimum atomic E-state index is 0. The van der Waals surface area contributed by atoms with Crippen LogP contribution in [0.4, 0.5) is 0 Å². The van der Waals surface area contributed by atoms with Crippen molar-refractivity contribution < 1.29 is 32.7 Å². The molecule has 0 aliphatic heterocycles. The smallest absolute Gasteiger partial charge is 0.0497 e. The molecule has 0 aliphatic rings. The van der Waals surface area contributed by atoms with Crippen molar-refractivity contribution in [3.8, 4) is 11.1 Å². The van der Waals surface area contributed by atoms with Gasteiger partial charge in [-0.25, -0.2) is 11.1 Å². The Kier molecular flexibility index (Phi) is 34.9. The first-order valence-corrected chi connectivity index (χ1v) is 16.1. The summed E-state index contributed by atoms with van der Waals surface area (Å²) < 4.78 is 2.26. The summed E-state index contributed by atoms with van der Waals surface area (Å²) in [5.74, 6) is 0. The summed E-state index contributed by atoms with van der Waals surface area (Å²) in [7, 11) is 8.39. The van der Waals surface area contributed by atoms with Gasteiger partial charge < -0.3 is 4.57 Å². The maximum atomic E-state index is 3.15. The number of aryl methyl sites for hydroxylation is 2. The van der Waals surface area contributed by atoms with Crippen LogP contribution < -0.4 is 0 Å². The van der Waals surface area contributed by atoms with Crippen LogP contribution in [0.25, 0.3) is 32.9 Å². The van der Waals surface area contributed by atoms with Crippen LogP contribution >= 0.6 is 0 Å². The summed E-state index contributed by atoms with van der Waals surface area (Å²) in [6, 6.07) is 37.3. The first kappa shape index (κ1) is 49.6. The Morgan fingerprint density at radius 1 is 0.622 bits per heavy atom. The maximum Gasteiger partial charge on any atom is 0.0497 e. The van der Waals surface area contributed by atoms with Gasteiger partial charge in [0.15, 0.2) is 0 Å². The SMILES string of the molecule is C.CC.CC.CC.CC.CCN(C)CN(C)C.Cc1ccc2c3ccccc3n(C)c2c1.[Y].[c-]1ccccc1-c1[c-]cccc1. The van der Waals surface area contributed by atoms with Gasteiger partial charge in [-0.1, -0.05) is 100 Å². The zero-order valence-electron chi connectivity index (χ0n) is 30.5. The van der Waals surface area contributed by atoms with Crippen molar-refractivity contribution in [3.63, 3.8) is 0 Å². The van der Waals surface area contributed by atoms with Gasteiger partial charge in [-0.05, 0) is 52.3 Å². The van der Waals surface area contributed by atoms with Gasteiger partial charge >= 0.3 is 0 Å². The number of para-hydroxylation sites is 1. The monoisotopic (exact) mass is 688 g/mol. The fraction of sp³-hybridized carbons (Fsp3) is 0.415. The molecule has 0 amide bonds. The Balaban J connectivity index is -0.000000255. The quantitative estimate of drug-likeness (QED) is 0.138. The second-order valence-electron chi connectivity index (χ2n) is 9.04. The van der Waals surface area contributed by atoms with Crippen LogP contribution in [0, 0.1) is 19.1 Å². The van der Waals surface area contributed by atoms with E-state index < -0.39 is 0 Å². The summed E-state index contributed by atoms with van der Waals surface area (Å²) in [5.41, 5.74) is 6.12. The maximum absolute atomic E-state index is 3.15. The second-order valence-corrected chi connectivity index (χ2v) is 9.04. The van der Waals surface area contributed by atoms with Crippen LogP contribution in [0.1, 0.15) is 75.3 Å². The molecule has 1 heterocycles. The van der Waals surface area contributed by atoms with Gasteiger partial charge in [-0.3, -0.25) is 9.80 Å². The molecule has 4 heteroatoms. The first-order valence-electron chi connectivity index (χ1n) is 16.1. The van der Waals surface area contributed by atoms with E-state index in [1.54, 1.807) is 0 Å². The van der Waals surface area contributed by atoms with Crippen LogP contribution in [0.3, 0.4) is 0 Å². The van der Waals surface area contributed by atoms with Crippen molar-refractivity contribution in [1.29, 1.82) is 0 Å². The molecule has 4 aromatic carbocycles. The number of aromatic nitrogens is 1. The molecule has 0 atom stereocenters. The zero-order chi connectivity index (χ0) is 33.2. The Morgan fingerprint density at radius 2 is 1.07 bits per heavy atom. The van der Waals surface area contributed by atoms with Gasteiger partial charge in [-0.2, -0.15) is 48.5 Å². The molecule has 0 unspecified atom stereocenters. The molecule has 0 N–H and O–H groups in total. The zero-order valence-corrected chi connectivity index (χ0v) is 33.3. The van der Waals surface area contributed by atoms with E-state index in [1.807, 2.05) is 104 Å². The normalized spacial score (nSPS) is 8.89. The summed E-state index contributed by atoms with van der Waals surface area (Å²) in [6.45, 7) is 22.5. The van der Waals surface area contributed by atoms with Crippen molar-refractivity contribution in [3.05, 3.63) is 109 Å². The summed E-state index contributed by atoms with van der Waals surface area (Å²) >= 11 is 0. The van der Waals surface area contributed by atoms with E-state index in [-0.39, 0.29) is 40.1 Å². The predicted molar refractivity (Wildman–Crippen MR) is 204 cm³/mol. The van der Waals surface area contributed by atoms with Crippen LogP contribution in [0.5, 0.6) is 0 Å². The number of hydrogen-bond acceptors (Lipinski definition) is 2. The van der Waals surface area contributed by atoms with Gasteiger partial charge in [0.25, 0.3) is 0 Å². The van der Waals surface area contributed by atoms with Crippen molar-refractivity contribution in [2.24, 2.45) is 7.05 Å². The van der Waals surface area contributed by atoms with Crippen LogP contribution in [0.2, 0.25) is 0 Å². The number of hydrogen-bond donors (Lipinski definition) is 0. The summed E-state index contributed by atoms with van der Waals surface area (Å²) in [6.07, 6.45) is 0. The molecular formula is C41H65N3Y-2. The Morgan fingerprint density at radius 3 is 1.47 bits per heavy atom. The van der Waals surface area contributed by atoms with E-state index in [2.05, 4.69) is 111 Å².